The van der Waals surface area contributed by atoms with Crippen LogP contribution in [0.5, 0.6) is 5.75 Å². The Bertz CT molecular complexity index is 669. The van der Waals surface area contributed by atoms with Gasteiger partial charge in [-0.2, -0.15) is 0 Å². The molecule has 1 aromatic heterocycles. The summed E-state index contributed by atoms with van der Waals surface area (Å²) in [5, 5.41) is 5.38. The number of benzene rings is 1. The number of carbonyl (C=O) groups is 1. The van der Waals surface area contributed by atoms with Gasteiger partial charge in [0.2, 0.25) is 5.91 Å². The topological polar surface area (TPSA) is 57.7 Å². The highest BCUT2D eigenvalue weighted by molar-refractivity contribution is 7.13. The predicted octanol–water partition coefficient (Wildman–Crippen LogP) is 2.30. The Labute approximate surface area is 146 Å². The Balaban J connectivity index is 1.55. The number of nitrogens with one attached hydrogen (secondary N) is 1. The number of ether oxygens (including phenoxy) is 1. The molecular formula is C17H22N4O2S. The lowest BCUT2D eigenvalue weighted by molar-refractivity contribution is -0.120. The molecule has 0 aliphatic carbocycles. The summed E-state index contributed by atoms with van der Waals surface area (Å²) in [6.45, 7) is 5.43. The maximum Gasteiger partial charge on any atom is 0.243 e. The van der Waals surface area contributed by atoms with Crippen LogP contribution in [0.2, 0.25) is 0 Å². The first-order chi connectivity index (χ1) is 11.7. The van der Waals surface area contributed by atoms with E-state index in [1.807, 2.05) is 30.5 Å². The smallest absolute Gasteiger partial charge is 0.243 e. The molecule has 1 aliphatic rings. The molecule has 0 saturated carbocycles. The van der Waals surface area contributed by atoms with Crippen molar-refractivity contribution >= 4 is 28.1 Å². The Hall–Kier alpha value is -2.12. The molecule has 1 aromatic carbocycles. The fourth-order valence-electron chi connectivity index (χ4n) is 2.84. The standard InChI is InChI=1S/C17H22N4O2S/c1-13(16(22)19-17-18-6-11-24-17)20-7-9-21(10-8-20)14-4-3-5-15(12-14)23-2/h3-6,11-13H,7-10H2,1-2H3,(H,18,19,22)/t13-/m0/s1. The van der Waals surface area contributed by atoms with Crippen molar-refractivity contribution < 1.29 is 9.53 Å². The van der Waals surface area contributed by atoms with E-state index in [-0.39, 0.29) is 11.9 Å². The molecule has 0 spiro atoms. The lowest BCUT2D eigenvalue weighted by atomic mass is 10.2. The molecule has 2 heterocycles. The Morgan fingerprint density at radius 1 is 1.33 bits per heavy atom. The van der Waals surface area contributed by atoms with E-state index in [4.69, 9.17) is 4.74 Å². The lowest BCUT2D eigenvalue weighted by Crippen LogP contribution is -2.52. The number of rotatable bonds is 5. The Morgan fingerprint density at radius 2 is 2.12 bits per heavy atom. The Morgan fingerprint density at radius 3 is 2.79 bits per heavy atom. The number of hydrogen-bond donors (Lipinski definition) is 1. The molecule has 0 radical (unpaired) electrons. The summed E-state index contributed by atoms with van der Waals surface area (Å²) in [5.74, 6) is 0.867. The number of nitrogens with zero attached hydrogens (tertiary/aromatic N) is 3. The summed E-state index contributed by atoms with van der Waals surface area (Å²) in [6.07, 6.45) is 1.69. The van der Waals surface area contributed by atoms with Crippen molar-refractivity contribution in [1.82, 2.24) is 9.88 Å². The van der Waals surface area contributed by atoms with Crippen molar-refractivity contribution in [3.63, 3.8) is 0 Å². The number of methoxy groups -OCH3 is 1. The monoisotopic (exact) mass is 346 g/mol. The summed E-state index contributed by atoms with van der Waals surface area (Å²) >= 11 is 1.43. The first-order valence-corrected chi connectivity index (χ1v) is 8.89. The van der Waals surface area contributed by atoms with Crippen LogP contribution >= 0.6 is 11.3 Å². The van der Waals surface area contributed by atoms with Crippen LogP contribution in [0.3, 0.4) is 0 Å². The van der Waals surface area contributed by atoms with Crippen molar-refractivity contribution in [2.75, 3.05) is 43.5 Å². The average Bonchev–Trinajstić information content (AvgIpc) is 3.14. The highest BCUT2D eigenvalue weighted by Gasteiger charge is 2.26. The van der Waals surface area contributed by atoms with Gasteiger partial charge in [-0.15, -0.1) is 11.3 Å². The van der Waals surface area contributed by atoms with Crippen LogP contribution in [-0.2, 0) is 4.79 Å². The second-order valence-electron chi connectivity index (χ2n) is 5.73. The molecule has 7 heteroatoms. The number of anilines is 2. The molecule has 6 nitrogen and oxygen atoms in total. The molecule has 0 bridgehead atoms. The van der Waals surface area contributed by atoms with Gasteiger partial charge in [0.25, 0.3) is 0 Å². The molecule has 1 aliphatic heterocycles. The first-order valence-electron chi connectivity index (χ1n) is 8.01. The predicted molar refractivity (Wildman–Crippen MR) is 97.0 cm³/mol. The number of amides is 1. The van der Waals surface area contributed by atoms with Gasteiger partial charge in [-0.3, -0.25) is 9.69 Å². The normalized spacial score (nSPS) is 16.7. The maximum atomic E-state index is 12.3. The molecule has 24 heavy (non-hydrogen) atoms. The summed E-state index contributed by atoms with van der Waals surface area (Å²) in [7, 11) is 1.68. The van der Waals surface area contributed by atoms with Crippen molar-refractivity contribution in [3.05, 3.63) is 35.8 Å². The van der Waals surface area contributed by atoms with Gasteiger partial charge in [0.1, 0.15) is 5.75 Å². The zero-order chi connectivity index (χ0) is 16.9. The van der Waals surface area contributed by atoms with Crippen molar-refractivity contribution in [3.8, 4) is 5.75 Å². The third kappa shape index (κ3) is 3.85. The number of thiazole rings is 1. The van der Waals surface area contributed by atoms with Crippen LogP contribution in [0, 0.1) is 0 Å². The molecule has 0 unspecified atom stereocenters. The number of carbonyl (C=O) groups excluding carboxylic acids is 1. The highest BCUT2D eigenvalue weighted by Crippen LogP contribution is 2.22. The van der Waals surface area contributed by atoms with Crippen LogP contribution < -0.4 is 15.0 Å². The molecule has 1 amide bonds. The largest absolute Gasteiger partial charge is 0.497 e. The zero-order valence-electron chi connectivity index (χ0n) is 13.9. The van der Waals surface area contributed by atoms with Gasteiger partial charge in [0, 0.05) is 49.5 Å². The van der Waals surface area contributed by atoms with E-state index in [2.05, 4.69) is 26.2 Å². The summed E-state index contributed by atoms with van der Waals surface area (Å²) in [6, 6.07) is 7.93. The molecule has 2 aromatic rings. The third-order valence-corrected chi connectivity index (χ3v) is 5.01. The molecule has 128 valence electrons. The van der Waals surface area contributed by atoms with Crippen LogP contribution in [-0.4, -0.2) is 55.1 Å². The molecule has 3 rings (SSSR count). The minimum atomic E-state index is -0.165. The van der Waals surface area contributed by atoms with Gasteiger partial charge < -0.3 is 15.0 Å². The van der Waals surface area contributed by atoms with Crippen LogP contribution in [0.4, 0.5) is 10.8 Å². The SMILES string of the molecule is COc1cccc(N2CCN([C@@H](C)C(=O)Nc3nccs3)CC2)c1. The molecule has 1 atom stereocenters. The fourth-order valence-corrected chi connectivity index (χ4v) is 3.37. The van der Waals surface area contributed by atoms with Gasteiger partial charge in [-0.25, -0.2) is 4.98 Å². The van der Waals surface area contributed by atoms with Crippen LogP contribution in [0.1, 0.15) is 6.92 Å². The van der Waals surface area contributed by atoms with Gasteiger partial charge in [0.05, 0.1) is 13.2 Å². The van der Waals surface area contributed by atoms with Crippen molar-refractivity contribution in [1.29, 1.82) is 0 Å². The minimum Gasteiger partial charge on any atom is -0.497 e. The molecule has 1 saturated heterocycles. The number of piperazine rings is 1. The van der Waals surface area contributed by atoms with E-state index >= 15 is 0 Å². The number of aromatic nitrogens is 1. The average molecular weight is 346 g/mol. The maximum absolute atomic E-state index is 12.3. The van der Waals surface area contributed by atoms with E-state index in [1.54, 1.807) is 13.3 Å². The lowest BCUT2D eigenvalue weighted by Gasteiger charge is -2.38. The molecular weight excluding hydrogens is 324 g/mol. The van der Waals surface area contributed by atoms with Gasteiger partial charge in [-0.1, -0.05) is 6.07 Å². The van der Waals surface area contributed by atoms with Gasteiger partial charge in [-0.05, 0) is 19.1 Å². The second kappa shape index (κ2) is 7.63. The van der Waals surface area contributed by atoms with Crippen LogP contribution in [0.25, 0.3) is 0 Å². The third-order valence-electron chi connectivity index (χ3n) is 4.32. The minimum absolute atomic E-state index is 0.000203. The summed E-state index contributed by atoms with van der Waals surface area (Å²) < 4.78 is 5.29. The fraction of sp³-hybridized carbons (Fsp3) is 0.412. The quantitative estimate of drug-likeness (QED) is 0.900. The van der Waals surface area contributed by atoms with E-state index in [9.17, 15) is 4.79 Å². The second-order valence-corrected chi connectivity index (χ2v) is 6.62. The van der Waals surface area contributed by atoms with E-state index < -0.39 is 0 Å². The van der Waals surface area contributed by atoms with Gasteiger partial charge >= 0.3 is 0 Å². The summed E-state index contributed by atoms with van der Waals surface area (Å²) in [4.78, 5) is 21.0. The highest BCUT2D eigenvalue weighted by atomic mass is 32.1. The number of hydrogen-bond acceptors (Lipinski definition) is 6. The zero-order valence-corrected chi connectivity index (χ0v) is 14.8. The Kier molecular flexibility index (Phi) is 5.32. The van der Waals surface area contributed by atoms with E-state index in [1.165, 1.54) is 11.3 Å². The van der Waals surface area contributed by atoms with Gasteiger partial charge in [0.15, 0.2) is 5.13 Å². The van der Waals surface area contributed by atoms with Crippen LogP contribution in [0.15, 0.2) is 35.8 Å². The van der Waals surface area contributed by atoms with Crippen molar-refractivity contribution in [2.45, 2.75) is 13.0 Å². The molecule has 1 fully saturated rings. The van der Waals surface area contributed by atoms with E-state index in [0.717, 1.165) is 37.6 Å². The van der Waals surface area contributed by atoms with Crippen molar-refractivity contribution in [2.24, 2.45) is 0 Å². The van der Waals surface area contributed by atoms with E-state index in [0.29, 0.717) is 5.13 Å². The first kappa shape index (κ1) is 16.7. The molecule has 1 N–H and O–H groups in total. The summed E-state index contributed by atoms with van der Waals surface area (Å²) in [5.41, 5.74) is 1.16.